The number of para-hydroxylation sites is 2. The Morgan fingerprint density at radius 1 is 0.744 bits per heavy atom. The van der Waals surface area contributed by atoms with E-state index < -0.39 is 22.4 Å². The number of ether oxygens (including phenoxy) is 4. The van der Waals surface area contributed by atoms with Crippen molar-refractivity contribution in [1.82, 2.24) is 0 Å². The minimum absolute atomic E-state index is 0. The predicted molar refractivity (Wildman–Crippen MR) is 372 cm³/mol. The number of alkyl halides is 1. The zero-order valence-corrected chi connectivity index (χ0v) is 61.0. The molecule has 5 saturated carbocycles. The number of carbonyl (C=O) groups excluding carboxylic acids is 3. The number of ketones is 2. The summed E-state index contributed by atoms with van der Waals surface area (Å²) in [6.07, 6.45) is 20.8. The summed E-state index contributed by atoms with van der Waals surface area (Å²) in [5.74, 6) is 5.29. The Morgan fingerprint density at radius 3 is 1.61 bits per heavy atom. The first-order valence-electron chi connectivity index (χ1n) is 33.4. The molecule has 0 amide bonds. The molecular weight excluding hydrogens is 1300 g/mol. The number of hydrogen-bond donors (Lipinski definition) is 0. The summed E-state index contributed by atoms with van der Waals surface area (Å²) in [7, 11) is 5.41. The summed E-state index contributed by atoms with van der Waals surface area (Å²) in [4.78, 5) is 43.5. The van der Waals surface area contributed by atoms with Crippen molar-refractivity contribution in [1.29, 1.82) is 0 Å². The molecule has 2 unspecified atom stereocenters. The SMILES string of the molecule is C.C.C#C[C@@]12CC[C@@H](C)[C@@](C)(C(=O)C[C@@](C)(C=C)C=O)C1C1(CC2)OCCO1.CC(C)c1cccc(C(C)C)c1N1CN(c2c(C(C)C)cccc2C(C)C)C(Cl)=C1Cl.CCC[I-]Cl.C[C@@H]1C=C2[C@H](C)[C@@]1(C)CC(=O)[C@@]1(C)C3C4(CC[C@@]23CC[C@H]1C)OCCO4. The number of rotatable bonds is 13. The summed E-state index contributed by atoms with van der Waals surface area (Å²) < 4.78 is 26.2. The van der Waals surface area contributed by atoms with Crippen LogP contribution < -0.4 is 29.9 Å². The second kappa shape index (κ2) is 29.3. The van der Waals surface area contributed by atoms with E-state index in [1.165, 1.54) is 50.9 Å². The Kier molecular flexibility index (Phi) is 24.9. The van der Waals surface area contributed by atoms with E-state index >= 15 is 0 Å². The molecule has 6 aliphatic carbocycles. The molecule has 7 fully saturated rings. The third kappa shape index (κ3) is 12.9. The van der Waals surface area contributed by atoms with Gasteiger partial charge in [0.25, 0.3) is 0 Å². The smallest absolute Gasteiger partial charge is 0.173 e. The largest absolute Gasteiger partial charge is 0.347 e. The molecular formula is C77H115Cl3IN2O7-. The van der Waals surface area contributed by atoms with Crippen LogP contribution in [0.4, 0.5) is 11.4 Å². The molecule has 2 aromatic rings. The third-order valence-electron chi connectivity index (χ3n) is 23.9. The summed E-state index contributed by atoms with van der Waals surface area (Å²) >= 11 is 14.0. The standard InChI is InChI=1S/C27H36Cl2N2.C23H34O3.C22H30O4.C3H7ClI.2CH4/c1-16(2)20-11-9-12-21(17(3)4)24(20)30-15-31(27(29)26(30)28)25-22(18(5)6)13-10-14-23(25)19(7)8;1-14-6-7-22-8-9-23(25-10-11-26-23)19(22)21(14,5)18(24)13-20(4)15(2)12-17(22)16(20)3;1-6-19(4,15-23)14-17(24)20(5)16(3)8-9-21(7-2)10-11-22(18(20)21)25-12-13-26-22;1-2-3-5-4;;/h9-14,16-19H,15H2,1-8H3;12,14-16,19H,6-11,13H2,1-5H3;2,6,15-16,18H,1,8-14H2,3-5H3;2-3H2,1H3;2*1H4/q;;;-1;;/t;14-,15-,16+,19?,20+,21+,22+;16-,18?,19-,20+,21+;;;/m.11.../s1. The van der Waals surface area contributed by atoms with Gasteiger partial charge in [-0.3, -0.25) is 9.59 Å². The number of Topliss-reactive ketones (excluding diaryl/α,β-unsaturated/α-hetero) is 2. The maximum absolute atomic E-state index is 13.9. The summed E-state index contributed by atoms with van der Waals surface area (Å²) in [6, 6.07) is 13.2. The van der Waals surface area contributed by atoms with Gasteiger partial charge in [-0.25, -0.2) is 0 Å². The zero-order valence-electron chi connectivity index (χ0n) is 56.5. The average Bonchev–Trinajstić information content (AvgIpc) is 1.48. The van der Waals surface area contributed by atoms with Gasteiger partial charge in [0.1, 0.15) is 34.8 Å². The first-order chi connectivity index (χ1) is 41.4. The minimum Gasteiger partial charge on any atom is -0.347 e. The van der Waals surface area contributed by atoms with Gasteiger partial charge in [0, 0.05) is 64.6 Å². The van der Waals surface area contributed by atoms with E-state index in [0.717, 1.165) is 51.2 Å². The second-order valence-corrected chi connectivity index (χ2v) is 33.7. The molecule has 2 spiro atoms. The van der Waals surface area contributed by atoms with Crippen molar-refractivity contribution in [3.05, 3.63) is 93.3 Å². The van der Waals surface area contributed by atoms with Gasteiger partial charge >= 0.3 is 46.8 Å². The molecule has 3 heterocycles. The number of carbonyl (C=O) groups is 3. The molecule has 2 aromatic carbocycles. The van der Waals surface area contributed by atoms with Crippen LogP contribution in [-0.2, 0) is 33.3 Å². The molecule has 504 valence electrons. The summed E-state index contributed by atoms with van der Waals surface area (Å²) in [5.41, 5.74) is 7.12. The van der Waals surface area contributed by atoms with Crippen LogP contribution in [0.2, 0.25) is 0 Å². The number of terminal acetylenes is 1. The molecule has 11 rings (SSSR count). The predicted octanol–water partition coefficient (Wildman–Crippen LogP) is 17.3. The van der Waals surface area contributed by atoms with Crippen molar-refractivity contribution in [2.45, 2.75) is 238 Å². The Hall–Kier alpha value is -2.73. The van der Waals surface area contributed by atoms with Crippen LogP contribution in [-0.4, -0.2) is 67.0 Å². The average molecular weight is 1410 g/mol. The molecule has 9 aliphatic rings. The topological polar surface area (TPSA) is 94.6 Å². The van der Waals surface area contributed by atoms with Gasteiger partial charge in [-0.15, -0.1) is 13.0 Å². The Balaban J connectivity index is 0.000000205. The van der Waals surface area contributed by atoms with Crippen molar-refractivity contribution < 1.29 is 53.4 Å². The molecule has 90 heavy (non-hydrogen) atoms. The number of halogens is 4. The number of nitrogens with zero attached hydrogens (tertiary/aromatic N) is 2. The molecule has 12 atom stereocenters. The van der Waals surface area contributed by atoms with E-state index in [9.17, 15) is 14.4 Å². The van der Waals surface area contributed by atoms with Crippen LogP contribution in [0.3, 0.4) is 0 Å². The van der Waals surface area contributed by atoms with Crippen LogP contribution in [0, 0.1) is 80.3 Å². The van der Waals surface area contributed by atoms with Gasteiger partial charge in [0.15, 0.2) is 11.6 Å². The van der Waals surface area contributed by atoms with Crippen molar-refractivity contribution in [2.75, 3.05) is 47.3 Å². The Morgan fingerprint density at radius 2 is 1.20 bits per heavy atom. The van der Waals surface area contributed by atoms with Crippen LogP contribution in [0.5, 0.6) is 0 Å². The first-order valence-corrected chi connectivity index (χ1v) is 38.4. The molecule has 2 saturated heterocycles. The number of hydrogen-bond acceptors (Lipinski definition) is 9. The fourth-order valence-corrected chi connectivity index (χ4v) is 19.9. The Bertz CT molecular complexity index is 2870. The number of anilines is 2. The zero-order chi connectivity index (χ0) is 64.9. The van der Waals surface area contributed by atoms with E-state index in [0.29, 0.717) is 97.0 Å². The maximum Gasteiger partial charge on any atom is 0.173 e. The monoisotopic (exact) mass is 1410 g/mol. The van der Waals surface area contributed by atoms with Crippen molar-refractivity contribution >= 4 is 61.3 Å². The molecule has 0 N–H and O–H groups in total. The van der Waals surface area contributed by atoms with E-state index in [-0.39, 0.29) is 86.5 Å². The number of fused-ring (bicyclic) bond motifs is 4. The number of benzene rings is 2. The molecule has 0 radical (unpaired) electrons. The van der Waals surface area contributed by atoms with Crippen molar-refractivity contribution in [2.24, 2.45) is 68.0 Å². The van der Waals surface area contributed by atoms with Crippen LogP contribution >= 0.6 is 32.1 Å². The van der Waals surface area contributed by atoms with Gasteiger partial charge in [-0.1, -0.05) is 202 Å². The van der Waals surface area contributed by atoms with Crippen LogP contribution in [0.25, 0.3) is 0 Å². The molecule has 3 aliphatic heterocycles. The van der Waals surface area contributed by atoms with Gasteiger partial charge in [0.05, 0.1) is 37.8 Å². The number of allylic oxidation sites excluding steroid dienone is 3. The number of aldehydes is 1. The van der Waals surface area contributed by atoms with Crippen LogP contribution in [0.15, 0.2) is 71.0 Å². The minimum atomic E-state index is -0.862. The summed E-state index contributed by atoms with van der Waals surface area (Å²) in [5, 5.41) is 1.20. The molecule has 13 heteroatoms. The van der Waals surface area contributed by atoms with Gasteiger partial charge in [-0.05, 0) is 120 Å². The molecule has 4 bridgehead atoms. The Labute approximate surface area is 570 Å². The molecule has 9 nitrogen and oxygen atoms in total. The van der Waals surface area contributed by atoms with Gasteiger partial charge < -0.3 is 33.5 Å². The first kappa shape index (κ1) is 76.3. The third-order valence-corrected chi connectivity index (χ3v) is 27.2. The fraction of sp³-hybridized carbons (Fsp3) is 0.701. The summed E-state index contributed by atoms with van der Waals surface area (Å²) in [6.45, 7) is 44.4. The normalized spacial score (nSPS) is 33.1. The van der Waals surface area contributed by atoms with Crippen molar-refractivity contribution in [3.8, 4) is 12.3 Å². The van der Waals surface area contributed by atoms with E-state index in [1.54, 1.807) is 18.6 Å². The van der Waals surface area contributed by atoms with E-state index in [1.807, 2.05) is 6.92 Å². The molecule has 0 aromatic heterocycles. The van der Waals surface area contributed by atoms with Gasteiger partial charge in [0.2, 0.25) is 0 Å². The second-order valence-electron chi connectivity index (χ2n) is 30.0. The maximum atomic E-state index is 13.9. The van der Waals surface area contributed by atoms with Gasteiger partial charge in [-0.2, -0.15) is 0 Å². The van der Waals surface area contributed by atoms with E-state index in [2.05, 4.69) is 169 Å². The quantitative estimate of drug-likeness (QED) is 0.0485. The van der Waals surface area contributed by atoms with Crippen molar-refractivity contribution in [3.63, 3.8) is 0 Å². The fourth-order valence-electron chi connectivity index (χ4n) is 18.1. The van der Waals surface area contributed by atoms with Crippen LogP contribution in [0.1, 0.15) is 249 Å². The van der Waals surface area contributed by atoms with E-state index in [4.69, 9.17) is 57.5 Å².